The molecule has 0 aromatic carbocycles. The predicted molar refractivity (Wildman–Crippen MR) is 45.1 cm³/mol. The van der Waals surface area contributed by atoms with Crippen LogP contribution in [-0.2, 0) is 11.3 Å². The standard InChI is InChI=1S/C8H11NO5/c1-9-8(12)14-4-5-2-3-13-6(5)7(10)11/h2-3,7,10-11H,4H2,1H3,(H,9,12). The van der Waals surface area contributed by atoms with Crippen LogP contribution in [0.15, 0.2) is 16.7 Å². The van der Waals surface area contributed by atoms with Crippen molar-refractivity contribution >= 4 is 6.09 Å². The highest BCUT2D eigenvalue weighted by Gasteiger charge is 2.14. The summed E-state index contributed by atoms with van der Waals surface area (Å²) in [5, 5.41) is 19.9. The quantitative estimate of drug-likeness (QED) is 0.604. The van der Waals surface area contributed by atoms with E-state index in [4.69, 9.17) is 19.4 Å². The molecule has 0 atom stereocenters. The average molecular weight is 201 g/mol. The Morgan fingerprint density at radius 2 is 2.43 bits per heavy atom. The lowest BCUT2D eigenvalue weighted by Gasteiger charge is -2.05. The van der Waals surface area contributed by atoms with Gasteiger partial charge in [-0.1, -0.05) is 0 Å². The van der Waals surface area contributed by atoms with E-state index < -0.39 is 12.4 Å². The summed E-state index contributed by atoms with van der Waals surface area (Å²) in [6.07, 6.45) is -1.00. The average Bonchev–Trinajstić information content (AvgIpc) is 2.62. The van der Waals surface area contributed by atoms with Gasteiger partial charge < -0.3 is 24.7 Å². The van der Waals surface area contributed by atoms with E-state index in [9.17, 15) is 4.79 Å². The van der Waals surface area contributed by atoms with Crippen LogP contribution < -0.4 is 5.32 Å². The number of hydrogen-bond donors (Lipinski definition) is 3. The number of amides is 1. The maximum Gasteiger partial charge on any atom is 0.407 e. The molecule has 14 heavy (non-hydrogen) atoms. The number of carbonyl (C=O) groups excluding carboxylic acids is 1. The molecular weight excluding hydrogens is 190 g/mol. The van der Waals surface area contributed by atoms with Crippen molar-refractivity contribution in [3.8, 4) is 0 Å². The molecule has 6 nitrogen and oxygen atoms in total. The Morgan fingerprint density at radius 1 is 1.71 bits per heavy atom. The summed E-state index contributed by atoms with van der Waals surface area (Å²) >= 11 is 0. The van der Waals surface area contributed by atoms with Crippen molar-refractivity contribution < 1.29 is 24.2 Å². The Morgan fingerprint density at radius 3 is 3.00 bits per heavy atom. The van der Waals surface area contributed by atoms with Crippen molar-refractivity contribution in [2.75, 3.05) is 7.05 Å². The lowest BCUT2D eigenvalue weighted by Crippen LogP contribution is -2.19. The Balaban J connectivity index is 2.58. The van der Waals surface area contributed by atoms with Crippen LogP contribution in [0, 0.1) is 0 Å². The molecule has 0 radical (unpaired) electrons. The van der Waals surface area contributed by atoms with Crippen LogP contribution in [0.3, 0.4) is 0 Å². The first kappa shape index (κ1) is 10.6. The lowest BCUT2D eigenvalue weighted by atomic mass is 10.2. The van der Waals surface area contributed by atoms with Crippen LogP contribution in [0.25, 0.3) is 0 Å². The van der Waals surface area contributed by atoms with Gasteiger partial charge >= 0.3 is 6.09 Å². The molecule has 0 bridgehead atoms. The summed E-state index contributed by atoms with van der Waals surface area (Å²) in [5.41, 5.74) is 0.420. The van der Waals surface area contributed by atoms with E-state index in [1.807, 2.05) is 0 Å². The van der Waals surface area contributed by atoms with Crippen LogP contribution in [-0.4, -0.2) is 23.4 Å². The van der Waals surface area contributed by atoms with E-state index >= 15 is 0 Å². The van der Waals surface area contributed by atoms with Gasteiger partial charge in [0.2, 0.25) is 6.29 Å². The van der Waals surface area contributed by atoms with Crippen LogP contribution in [0.4, 0.5) is 4.79 Å². The Kier molecular flexibility index (Phi) is 3.49. The predicted octanol–water partition coefficient (Wildman–Crippen LogP) is 0.119. The molecule has 78 valence electrons. The molecule has 0 saturated carbocycles. The Hall–Kier alpha value is -1.53. The van der Waals surface area contributed by atoms with Gasteiger partial charge in [-0.3, -0.25) is 0 Å². The van der Waals surface area contributed by atoms with Gasteiger partial charge in [-0.2, -0.15) is 0 Å². The molecule has 3 N–H and O–H groups in total. The molecule has 0 aliphatic carbocycles. The van der Waals surface area contributed by atoms with Crippen molar-refractivity contribution in [1.82, 2.24) is 5.32 Å². The molecule has 0 unspecified atom stereocenters. The third-order valence-corrected chi connectivity index (χ3v) is 1.58. The first-order chi connectivity index (χ1) is 6.65. The second-order valence-electron chi connectivity index (χ2n) is 2.51. The van der Waals surface area contributed by atoms with E-state index in [0.29, 0.717) is 5.56 Å². The second kappa shape index (κ2) is 4.64. The summed E-state index contributed by atoms with van der Waals surface area (Å²) in [4.78, 5) is 10.7. The molecule has 1 amide bonds. The Bertz CT molecular complexity index is 306. The number of nitrogens with one attached hydrogen (secondary N) is 1. The van der Waals surface area contributed by atoms with Crippen molar-refractivity contribution in [2.24, 2.45) is 0 Å². The van der Waals surface area contributed by atoms with Crippen LogP contribution in [0.5, 0.6) is 0 Å². The minimum Gasteiger partial charge on any atom is -0.464 e. The Labute approximate surface area is 80.1 Å². The van der Waals surface area contributed by atoms with Crippen LogP contribution >= 0.6 is 0 Å². The summed E-state index contributed by atoms with van der Waals surface area (Å²) < 4.78 is 9.47. The zero-order chi connectivity index (χ0) is 10.6. The molecule has 1 heterocycles. The van der Waals surface area contributed by atoms with E-state index in [2.05, 4.69) is 5.32 Å². The molecule has 0 aliphatic rings. The van der Waals surface area contributed by atoms with Gasteiger partial charge in [0.1, 0.15) is 6.61 Å². The first-order valence-electron chi connectivity index (χ1n) is 3.92. The number of furan rings is 1. The van der Waals surface area contributed by atoms with Gasteiger partial charge in [-0.15, -0.1) is 0 Å². The van der Waals surface area contributed by atoms with Gasteiger partial charge in [0.15, 0.2) is 5.76 Å². The van der Waals surface area contributed by atoms with Gasteiger partial charge in [0.05, 0.1) is 6.26 Å². The van der Waals surface area contributed by atoms with Gasteiger partial charge in [0, 0.05) is 12.6 Å². The fraction of sp³-hybridized carbons (Fsp3) is 0.375. The molecular formula is C8H11NO5. The third-order valence-electron chi connectivity index (χ3n) is 1.58. The molecule has 0 spiro atoms. The van der Waals surface area contributed by atoms with Gasteiger partial charge in [-0.25, -0.2) is 4.79 Å². The number of carbonyl (C=O) groups is 1. The first-order valence-corrected chi connectivity index (χ1v) is 3.92. The summed E-state index contributed by atoms with van der Waals surface area (Å²) in [7, 11) is 1.43. The van der Waals surface area contributed by atoms with Crippen LogP contribution in [0.2, 0.25) is 0 Å². The minimum atomic E-state index is -1.70. The van der Waals surface area contributed by atoms with Gasteiger partial charge in [-0.05, 0) is 6.07 Å². The van der Waals surface area contributed by atoms with Crippen LogP contribution in [0.1, 0.15) is 17.6 Å². The number of aliphatic hydroxyl groups excluding tert-OH is 1. The van der Waals surface area contributed by atoms with Crippen molar-refractivity contribution in [1.29, 1.82) is 0 Å². The largest absolute Gasteiger partial charge is 0.464 e. The van der Waals surface area contributed by atoms with E-state index in [0.717, 1.165) is 0 Å². The van der Waals surface area contributed by atoms with Crippen molar-refractivity contribution in [2.45, 2.75) is 12.9 Å². The van der Waals surface area contributed by atoms with Gasteiger partial charge in [0.25, 0.3) is 0 Å². The molecule has 0 fully saturated rings. The zero-order valence-corrected chi connectivity index (χ0v) is 7.56. The molecule has 0 aliphatic heterocycles. The highest BCUT2D eigenvalue weighted by molar-refractivity contribution is 5.66. The maximum atomic E-state index is 10.7. The van der Waals surface area contributed by atoms with E-state index in [1.165, 1.54) is 19.4 Å². The zero-order valence-electron chi connectivity index (χ0n) is 7.56. The van der Waals surface area contributed by atoms with Crippen molar-refractivity contribution in [3.63, 3.8) is 0 Å². The fourth-order valence-corrected chi connectivity index (χ4v) is 0.909. The molecule has 1 aromatic heterocycles. The number of hydrogen-bond acceptors (Lipinski definition) is 5. The number of aliphatic hydroxyl groups is 2. The highest BCUT2D eigenvalue weighted by Crippen LogP contribution is 2.17. The molecule has 1 aromatic rings. The summed E-state index contributed by atoms with van der Waals surface area (Å²) in [6.45, 7) is -0.0663. The highest BCUT2D eigenvalue weighted by atomic mass is 16.5. The molecule has 0 saturated heterocycles. The summed E-state index contributed by atoms with van der Waals surface area (Å²) in [6, 6.07) is 1.50. The normalized spacial score (nSPS) is 10.3. The topological polar surface area (TPSA) is 91.9 Å². The smallest absolute Gasteiger partial charge is 0.407 e. The van der Waals surface area contributed by atoms with Crippen molar-refractivity contribution in [3.05, 3.63) is 23.7 Å². The number of ether oxygens (including phenoxy) is 1. The molecule has 1 rings (SSSR count). The summed E-state index contributed by atoms with van der Waals surface area (Å²) in [5.74, 6) is -0.0195. The van der Waals surface area contributed by atoms with E-state index in [1.54, 1.807) is 0 Å². The second-order valence-corrected chi connectivity index (χ2v) is 2.51. The fourth-order valence-electron chi connectivity index (χ4n) is 0.909. The minimum absolute atomic E-state index is 0.0195. The third kappa shape index (κ3) is 2.48. The monoisotopic (exact) mass is 201 g/mol. The lowest BCUT2D eigenvalue weighted by molar-refractivity contribution is -0.0595. The molecule has 6 heteroatoms. The van der Waals surface area contributed by atoms with E-state index in [-0.39, 0.29) is 12.4 Å². The number of alkyl carbamates (subject to hydrolysis) is 1. The number of rotatable bonds is 3. The maximum absolute atomic E-state index is 10.7. The SMILES string of the molecule is CNC(=O)OCc1ccoc1C(O)O.